The topological polar surface area (TPSA) is 12.0 Å². The zero-order valence-corrected chi connectivity index (χ0v) is 13.6. The molecule has 3 rings (SSSR count). The Morgan fingerprint density at radius 3 is 2.75 bits per heavy atom. The predicted molar refractivity (Wildman–Crippen MR) is 89.6 cm³/mol. The molecular formula is C18H27NS. The summed E-state index contributed by atoms with van der Waals surface area (Å²) in [5.74, 6) is 0. The highest BCUT2D eigenvalue weighted by molar-refractivity contribution is 7.99. The normalized spacial score (nSPS) is 27.3. The Bertz CT molecular complexity index is 457. The van der Waals surface area contributed by atoms with Gasteiger partial charge in [-0.25, -0.2) is 0 Å². The van der Waals surface area contributed by atoms with Gasteiger partial charge in [0, 0.05) is 17.3 Å². The van der Waals surface area contributed by atoms with E-state index in [1.807, 2.05) is 11.8 Å². The summed E-state index contributed by atoms with van der Waals surface area (Å²) in [5.41, 5.74) is 4.66. The molecule has 0 amide bonds. The van der Waals surface area contributed by atoms with Crippen molar-refractivity contribution in [2.75, 3.05) is 6.26 Å². The van der Waals surface area contributed by atoms with Crippen LogP contribution in [0.3, 0.4) is 0 Å². The van der Waals surface area contributed by atoms with E-state index >= 15 is 0 Å². The molecule has 2 heteroatoms. The molecule has 1 N–H and O–H groups in total. The molecule has 2 aliphatic carbocycles. The van der Waals surface area contributed by atoms with E-state index in [4.69, 9.17) is 0 Å². The van der Waals surface area contributed by atoms with Crippen LogP contribution in [0.25, 0.3) is 0 Å². The molecule has 3 unspecified atom stereocenters. The molecule has 0 aliphatic heterocycles. The summed E-state index contributed by atoms with van der Waals surface area (Å²) < 4.78 is 0. The van der Waals surface area contributed by atoms with Crippen molar-refractivity contribution in [3.8, 4) is 0 Å². The summed E-state index contributed by atoms with van der Waals surface area (Å²) in [7, 11) is 0. The van der Waals surface area contributed by atoms with Gasteiger partial charge in [0.25, 0.3) is 0 Å². The van der Waals surface area contributed by atoms with Crippen molar-refractivity contribution in [3.05, 3.63) is 34.9 Å². The summed E-state index contributed by atoms with van der Waals surface area (Å²) in [6, 6.07) is 8.35. The molecule has 1 aromatic rings. The number of thioether (sulfide) groups is 1. The highest BCUT2D eigenvalue weighted by Crippen LogP contribution is 2.30. The van der Waals surface area contributed by atoms with Gasteiger partial charge in [-0.3, -0.25) is 0 Å². The minimum Gasteiger partial charge on any atom is -0.306 e. The maximum atomic E-state index is 3.91. The number of hydrogen-bond acceptors (Lipinski definition) is 2. The zero-order valence-electron chi connectivity index (χ0n) is 12.8. The molecule has 20 heavy (non-hydrogen) atoms. The summed E-state index contributed by atoms with van der Waals surface area (Å²) in [6.07, 6.45) is 11.7. The SMILES string of the molecule is CSC1CCCCC1NC(C)c1ccc2c(c1)CCC2. The molecule has 1 aromatic carbocycles. The molecule has 0 heterocycles. The molecule has 0 spiro atoms. The van der Waals surface area contributed by atoms with Crippen LogP contribution in [0, 0.1) is 0 Å². The average molecular weight is 289 g/mol. The van der Waals surface area contributed by atoms with Crippen molar-refractivity contribution in [3.63, 3.8) is 0 Å². The maximum Gasteiger partial charge on any atom is 0.0294 e. The summed E-state index contributed by atoms with van der Waals surface area (Å²) in [6.45, 7) is 2.34. The first kappa shape index (κ1) is 14.5. The third kappa shape index (κ3) is 3.07. The van der Waals surface area contributed by atoms with Crippen LogP contribution >= 0.6 is 11.8 Å². The van der Waals surface area contributed by atoms with Crippen molar-refractivity contribution in [2.24, 2.45) is 0 Å². The maximum absolute atomic E-state index is 3.91. The number of benzene rings is 1. The molecule has 110 valence electrons. The van der Waals surface area contributed by atoms with Gasteiger partial charge in [0.15, 0.2) is 0 Å². The Morgan fingerprint density at radius 2 is 1.90 bits per heavy atom. The van der Waals surface area contributed by atoms with Crippen molar-refractivity contribution < 1.29 is 0 Å². The molecule has 1 nitrogen and oxygen atoms in total. The fourth-order valence-corrected chi connectivity index (χ4v) is 4.79. The molecule has 1 fully saturated rings. The lowest BCUT2D eigenvalue weighted by Gasteiger charge is -2.33. The first-order valence-corrected chi connectivity index (χ1v) is 9.47. The number of rotatable bonds is 4. The number of aryl methyl sites for hydroxylation is 2. The van der Waals surface area contributed by atoms with Crippen LogP contribution < -0.4 is 5.32 Å². The third-order valence-electron chi connectivity index (χ3n) is 5.09. The van der Waals surface area contributed by atoms with Gasteiger partial charge in [-0.1, -0.05) is 31.0 Å². The minimum atomic E-state index is 0.485. The monoisotopic (exact) mass is 289 g/mol. The van der Waals surface area contributed by atoms with E-state index in [1.165, 1.54) is 50.5 Å². The Morgan fingerprint density at radius 1 is 1.10 bits per heavy atom. The van der Waals surface area contributed by atoms with Gasteiger partial charge in [0.2, 0.25) is 0 Å². The van der Waals surface area contributed by atoms with Crippen molar-refractivity contribution in [2.45, 2.75) is 69.2 Å². The Kier molecular flexibility index (Phi) is 4.72. The molecule has 2 aliphatic rings. The number of fused-ring (bicyclic) bond motifs is 1. The second kappa shape index (κ2) is 6.53. The van der Waals surface area contributed by atoms with Crippen LogP contribution in [0.2, 0.25) is 0 Å². The van der Waals surface area contributed by atoms with Crippen LogP contribution in [0.4, 0.5) is 0 Å². The lowest BCUT2D eigenvalue weighted by molar-refractivity contribution is 0.356. The van der Waals surface area contributed by atoms with Gasteiger partial charge < -0.3 is 5.32 Å². The second-order valence-corrected chi connectivity index (χ2v) is 7.51. The molecule has 1 saturated carbocycles. The first-order valence-electron chi connectivity index (χ1n) is 8.18. The van der Waals surface area contributed by atoms with E-state index < -0.39 is 0 Å². The molecule has 0 bridgehead atoms. The summed E-state index contributed by atoms with van der Waals surface area (Å²) >= 11 is 2.05. The smallest absolute Gasteiger partial charge is 0.0294 e. The summed E-state index contributed by atoms with van der Waals surface area (Å²) in [4.78, 5) is 0. The molecule has 0 radical (unpaired) electrons. The second-order valence-electron chi connectivity index (χ2n) is 6.44. The standard InChI is InChI=1S/C18H27NS/c1-13(19-17-8-3-4-9-18(17)20-2)15-11-10-14-6-5-7-16(14)12-15/h10-13,17-19H,3-9H2,1-2H3. The van der Waals surface area contributed by atoms with E-state index in [2.05, 4.69) is 36.7 Å². The van der Waals surface area contributed by atoms with E-state index in [0.29, 0.717) is 12.1 Å². The molecule has 0 aromatic heterocycles. The van der Waals surface area contributed by atoms with E-state index in [9.17, 15) is 0 Å². The van der Waals surface area contributed by atoms with Gasteiger partial charge in [0.05, 0.1) is 0 Å². The van der Waals surface area contributed by atoms with Crippen LogP contribution in [0.15, 0.2) is 18.2 Å². The Labute approximate surface area is 127 Å². The Hall–Kier alpha value is -0.470. The van der Waals surface area contributed by atoms with E-state index in [-0.39, 0.29) is 0 Å². The zero-order chi connectivity index (χ0) is 13.9. The van der Waals surface area contributed by atoms with Gasteiger partial charge in [-0.2, -0.15) is 11.8 Å². The van der Waals surface area contributed by atoms with E-state index in [1.54, 1.807) is 11.1 Å². The fraction of sp³-hybridized carbons (Fsp3) is 0.667. The van der Waals surface area contributed by atoms with Crippen molar-refractivity contribution in [1.29, 1.82) is 0 Å². The molecular weight excluding hydrogens is 262 g/mol. The number of hydrogen-bond donors (Lipinski definition) is 1. The predicted octanol–water partition coefficient (Wildman–Crippen LogP) is 4.50. The summed E-state index contributed by atoms with van der Waals surface area (Å²) in [5, 5.41) is 4.71. The fourth-order valence-electron chi connectivity index (χ4n) is 3.85. The number of nitrogens with one attached hydrogen (secondary N) is 1. The van der Waals surface area contributed by atoms with Gasteiger partial charge >= 0.3 is 0 Å². The van der Waals surface area contributed by atoms with Crippen LogP contribution in [0.5, 0.6) is 0 Å². The lowest BCUT2D eigenvalue weighted by atomic mass is 9.93. The van der Waals surface area contributed by atoms with Gasteiger partial charge in [-0.05, 0) is 62.0 Å². The van der Waals surface area contributed by atoms with Crippen LogP contribution in [-0.4, -0.2) is 17.5 Å². The Balaban J connectivity index is 1.67. The quantitative estimate of drug-likeness (QED) is 0.876. The average Bonchev–Trinajstić information content (AvgIpc) is 2.95. The van der Waals surface area contributed by atoms with Crippen LogP contribution in [0.1, 0.15) is 61.8 Å². The highest BCUT2D eigenvalue weighted by atomic mass is 32.2. The van der Waals surface area contributed by atoms with Gasteiger partial charge in [-0.15, -0.1) is 0 Å². The van der Waals surface area contributed by atoms with Crippen molar-refractivity contribution in [1.82, 2.24) is 5.32 Å². The van der Waals surface area contributed by atoms with E-state index in [0.717, 1.165) is 5.25 Å². The highest BCUT2D eigenvalue weighted by Gasteiger charge is 2.25. The first-order chi connectivity index (χ1) is 9.78. The molecule has 3 atom stereocenters. The lowest BCUT2D eigenvalue weighted by Crippen LogP contribution is -2.41. The third-order valence-corrected chi connectivity index (χ3v) is 6.26. The van der Waals surface area contributed by atoms with Crippen LogP contribution in [-0.2, 0) is 12.8 Å². The minimum absolute atomic E-state index is 0.485. The van der Waals surface area contributed by atoms with Crippen molar-refractivity contribution >= 4 is 11.8 Å². The molecule has 0 saturated heterocycles. The largest absolute Gasteiger partial charge is 0.306 e. The van der Waals surface area contributed by atoms with Gasteiger partial charge in [0.1, 0.15) is 0 Å².